The molecule has 1 aromatic heterocycles. The molecule has 0 radical (unpaired) electrons. The number of nitrogens with one attached hydrogen (secondary N) is 1. The zero-order valence-corrected chi connectivity index (χ0v) is 22.6. The number of hydrogen-bond donors (Lipinski definition) is 1. The zero-order valence-electron chi connectivity index (χ0n) is 21.7. The van der Waals surface area contributed by atoms with Crippen molar-refractivity contribution in [3.63, 3.8) is 0 Å². The van der Waals surface area contributed by atoms with Gasteiger partial charge >= 0.3 is 0 Å². The smallest absolute Gasteiger partial charge is 0.238 e. The van der Waals surface area contributed by atoms with Crippen LogP contribution in [0.15, 0.2) is 96.5 Å². The quantitative estimate of drug-likeness (QED) is 0.295. The van der Waals surface area contributed by atoms with Crippen molar-refractivity contribution in [2.24, 2.45) is 5.92 Å². The van der Waals surface area contributed by atoms with Crippen molar-refractivity contribution in [3.8, 4) is 5.75 Å². The maximum atomic E-state index is 14.9. The van der Waals surface area contributed by atoms with E-state index in [1.807, 2.05) is 90.1 Å². The van der Waals surface area contributed by atoms with Crippen LogP contribution in [0, 0.1) is 5.92 Å². The predicted octanol–water partition coefficient (Wildman–Crippen LogP) is 6.13. The largest absolute Gasteiger partial charge is 0.493 e. The molecule has 4 atom stereocenters. The van der Waals surface area contributed by atoms with Gasteiger partial charge in [-0.15, -0.1) is 11.3 Å². The lowest BCUT2D eigenvalue weighted by Gasteiger charge is -2.38. The van der Waals surface area contributed by atoms with Gasteiger partial charge in [-0.3, -0.25) is 14.4 Å². The summed E-state index contributed by atoms with van der Waals surface area (Å²) >= 11 is 1.34. The summed E-state index contributed by atoms with van der Waals surface area (Å²) in [5, 5.41) is 4.94. The van der Waals surface area contributed by atoms with Gasteiger partial charge in [0.1, 0.15) is 17.2 Å². The van der Waals surface area contributed by atoms with E-state index in [1.54, 1.807) is 24.3 Å². The monoisotopic (exact) mass is 546 g/mol. The van der Waals surface area contributed by atoms with Crippen LogP contribution in [0.1, 0.15) is 49.7 Å². The maximum absolute atomic E-state index is 14.9. The number of ether oxygens (including phenoxy) is 1. The zero-order chi connectivity index (χ0) is 27.4. The first-order valence-electron chi connectivity index (χ1n) is 13.4. The highest BCUT2D eigenvalue weighted by molar-refractivity contribution is 7.12. The van der Waals surface area contributed by atoms with Gasteiger partial charge in [0.15, 0.2) is 11.6 Å². The fourth-order valence-corrected chi connectivity index (χ4v) is 7.55. The first-order valence-corrected chi connectivity index (χ1v) is 14.2. The molecule has 1 amide bonds. The van der Waals surface area contributed by atoms with E-state index >= 15 is 0 Å². The topological polar surface area (TPSA) is 75.7 Å². The van der Waals surface area contributed by atoms with Crippen LogP contribution < -0.4 is 10.1 Å². The molecule has 1 saturated heterocycles. The molecule has 7 heteroatoms. The average molecular weight is 547 g/mol. The summed E-state index contributed by atoms with van der Waals surface area (Å²) in [6.45, 7) is 2.25. The predicted molar refractivity (Wildman–Crippen MR) is 155 cm³/mol. The molecule has 3 aliphatic heterocycles. The molecule has 6 nitrogen and oxygen atoms in total. The van der Waals surface area contributed by atoms with Crippen molar-refractivity contribution in [3.05, 3.63) is 124 Å². The van der Waals surface area contributed by atoms with E-state index in [-0.39, 0.29) is 17.5 Å². The number of anilines is 1. The molecule has 0 aliphatic carbocycles. The summed E-state index contributed by atoms with van der Waals surface area (Å²) in [5.41, 5.74) is 2.28. The molecule has 198 valence electrons. The molecule has 0 unspecified atom stereocenters. The van der Waals surface area contributed by atoms with Gasteiger partial charge in [0, 0.05) is 11.9 Å². The van der Waals surface area contributed by atoms with Gasteiger partial charge in [-0.1, -0.05) is 60.7 Å². The normalized spacial score (nSPS) is 23.9. The first kappa shape index (κ1) is 24.5. The third kappa shape index (κ3) is 3.31. The summed E-state index contributed by atoms with van der Waals surface area (Å²) in [7, 11) is 0. The van der Waals surface area contributed by atoms with Crippen LogP contribution in [0.5, 0.6) is 5.75 Å². The molecular formula is C33H26N2O4S. The highest BCUT2D eigenvalue weighted by Crippen LogP contribution is 2.62. The van der Waals surface area contributed by atoms with E-state index in [9.17, 15) is 14.4 Å². The Morgan fingerprint density at radius 2 is 1.73 bits per heavy atom. The van der Waals surface area contributed by atoms with E-state index in [0.717, 1.165) is 16.7 Å². The Labute approximate surface area is 235 Å². The Morgan fingerprint density at radius 3 is 2.55 bits per heavy atom. The van der Waals surface area contributed by atoms with E-state index in [1.165, 1.54) is 11.3 Å². The Morgan fingerprint density at radius 1 is 0.950 bits per heavy atom. The number of benzene rings is 3. The fraction of sp³-hybridized carbons (Fsp3) is 0.182. The summed E-state index contributed by atoms with van der Waals surface area (Å²) < 4.78 is 5.88. The number of rotatable bonds is 6. The molecule has 0 saturated carbocycles. The van der Waals surface area contributed by atoms with Gasteiger partial charge in [-0.05, 0) is 59.3 Å². The third-order valence-corrected chi connectivity index (χ3v) is 9.22. The maximum Gasteiger partial charge on any atom is 0.238 e. The minimum Gasteiger partial charge on any atom is -0.493 e. The summed E-state index contributed by atoms with van der Waals surface area (Å²) in [6, 6.07) is 24.7. The summed E-state index contributed by atoms with van der Waals surface area (Å²) in [4.78, 5) is 46.3. The highest BCUT2D eigenvalue weighted by Gasteiger charge is 2.71. The molecule has 7 rings (SSSR count). The van der Waals surface area contributed by atoms with Crippen molar-refractivity contribution >= 4 is 40.6 Å². The molecular weight excluding hydrogens is 520 g/mol. The highest BCUT2D eigenvalue weighted by atomic mass is 32.1. The molecule has 0 bridgehead atoms. The molecule has 1 N–H and O–H groups in total. The van der Waals surface area contributed by atoms with Gasteiger partial charge in [0.25, 0.3) is 0 Å². The average Bonchev–Trinajstić information content (AvgIpc) is 3.70. The number of fused-ring (bicyclic) bond motifs is 6. The van der Waals surface area contributed by atoms with E-state index < -0.39 is 23.4 Å². The van der Waals surface area contributed by atoms with Crippen LogP contribution >= 0.6 is 11.3 Å². The lowest BCUT2D eigenvalue weighted by atomic mass is 9.62. The number of amides is 1. The van der Waals surface area contributed by atoms with Crippen LogP contribution in [0.2, 0.25) is 0 Å². The van der Waals surface area contributed by atoms with Crippen molar-refractivity contribution in [2.75, 3.05) is 11.9 Å². The number of thiophene rings is 1. The molecule has 4 heterocycles. The van der Waals surface area contributed by atoms with Crippen LogP contribution in [0.25, 0.3) is 6.08 Å². The molecule has 1 fully saturated rings. The number of ketones is 2. The number of nitrogens with zero attached hydrogens (tertiary/aromatic N) is 1. The van der Waals surface area contributed by atoms with Crippen LogP contribution in [0.3, 0.4) is 0 Å². The van der Waals surface area contributed by atoms with E-state index in [2.05, 4.69) is 5.32 Å². The van der Waals surface area contributed by atoms with Crippen LogP contribution in [0.4, 0.5) is 5.69 Å². The van der Waals surface area contributed by atoms with Gasteiger partial charge in [-0.2, -0.15) is 0 Å². The van der Waals surface area contributed by atoms with E-state index in [4.69, 9.17) is 4.74 Å². The Kier molecular flexibility index (Phi) is 5.71. The first-order chi connectivity index (χ1) is 19.6. The van der Waals surface area contributed by atoms with Crippen molar-refractivity contribution in [2.45, 2.75) is 24.4 Å². The van der Waals surface area contributed by atoms with Crippen molar-refractivity contribution < 1.29 is 19.1 Å². The lowest BCUT2D eigenvalue weighted by molar-refractivity contribution is -0.122. The van der Waals surface area contributed by atoms with Gasteiger partial charge in [-0.25, -0.2) is 0 Å². The second-order valence-corrected chi connectivity index (χ2v) is 11.2. The Hall–Kier alpha value is -4.49. The number of carbonyl (C=O) groups excluding carboxylic acids is 3. The summed E-state index contributed by atoms with van der Waals surface area (Å²) in [6.07, 6.45) is 3.86. The third-order valence-electron chi connectivity index (χ3n) is 8.34. The second-order valence-electron chi connectivity index (χ2n) is 10.2. The number of Topliss-reactive ketones (excluding diaryl/α,β-unsaturated/α-hetero) is 2. The fourth-order valence-electron chi connectivity index (χ4n) is 6.85. The van der Waals surface area contributed by atoms with Crippen LogP contribution in [-0.2, 0) is 10.2 Å². The Bertz CT molecular complexity index is 1690. The standard InChI is InChI=1S/C33H26N2O4S/c1-2-39-25-15-8-5-12-22(25)29(36)27-28(30(37)26-16-9-19-40-26)35-18-17-20-10-3-4-11-21(20)31(35)33(27)23-13-6-7-14-24(23)34-32(33)38/h3-19,27-28,31H,2H2,1H3,(H,34,38)/t27-,28-,31+,33+/m0/s1. The lowest BCUT2D eigenvalue weighted by Crippen LogP contribution is -2.49. The molecule has 4 aromatic rings. The molecule has 3 aromatic carbocycles. The minimum atomic E-state index is -1.36. The van der Waals surface area contributed by atoms with Gasteiger partial charge in [0.2, 0.25) is 5.91 Å². The van der Waals surface area contributed by atoms with Crippen molar-refractivity contribution in [1.29, 1.82) is 0 Å². The van der Waals surface area contributed by atoms with E-state index in [0.29, 0.717) is 28.5 Å². The minimum absolute atomic E-state index is 0.176. The number of hydrogen-bond acceptors (Lipinski definition) is 6. The second kappa shape index (κ2) is 9.31. The number of carbonyl (C=O) groups is 3. The Balaban J connectivity index is 1.55. The summed E-state index contributed by atoms with van der Waals surface area (Å²) in [5.74, 6) is -1.31. The van der Waals surface area contributed by atoms with Gasteiger partial charge in [0.05, 0.1) is 29.0 Å². The number of para-hydroxylation sites is 2. The van der Waals surface area contributed by atoms with Crippen LogP contribution in [-0.4, -0.2) is 35.0 Å². The van der Waals surface area contributed by atoms with Crippen molar-refractivity contribution in [1.82, 2.24) is 4.90 Å². The molecule has 3 aliphatic rings. The molecule has 1 spiro atoms. The molecule has 40 heavy (non-hydrogen) atoms. The van der Waals surface area contributed by atoms with Gasteiger partial charge < -0.3 is 15.0 Å². The SMILES string of the molecule is CCOc1ccccc1C(=O)[C@@H]1[C@@H](C(=O)c2cccs2)N2C=Cc3ccccc3[C@@H]2[C@]12C(=O)Nc1ccccc12.